The van der Waals surface area contributed by atoms with E-state index in [9.17, 15) is 4.79 Å². The smallest absolute Gasteiger partial charge is 0.186 e. The van der Waals surface area contributed by atoms with Crippen molar-refractivity contribution in [3.63, 3.8) is 0 Å². The van der Waals surface area contributed by atoms with E-state index in [1.807, 2.05) is 30.1 Å². The van der Waals surface area contributed by atoms with E-state index in [-0.39, 0.29) is 5.78 Å². The Morgan fingerprint density at radius 1 is 0.594 bits per heavy atom. The molecule has 0 aliphatic heterocycles. The number of benzene rings is 4. The molecular formula is C29H26BrOP. The van der Waals surface area contributed by atoms with E-state index in [0.29, 0.717) is 5.56 Å². The number of carbonyl (C=O) groups is 1. The molecule has 0 aliphatic carbocycles. The third-order valence-corrected chi connectivity index (χ3v) is 10.3. The van der Waals surface area contributed by atoms with Crippen molar-refractivity contribution >= 4 is 50.3 Å². The lowest BCUT2D eigenvalue weighted by atomic mass is 10.2. The van der Waals surface area contributed by atoms with E-state index in [0.717, 1.165) is 4.47 Å². The molecule has 160 valence electrons. The van der Waals surface area contributed by atoms with Crippen molar-refractivity contribution in [2.75, 3.05) is 0 Å². The molecule has 0 spiro atoms. The fraction of sp³-hybridized carbons (Fsp3) is 0.103. The van der Waals surface area contributed by atoms with E-state index >= 15 is 0 Å². The summed E-state index contributed by atoms with van der Waals surface area (Å²) in [5.74, 6) is 2.04. The molecule has 1 nitrogen and oxygen atoms in total. The monoisotopic (exact) mass is 500 g/mol. The molecular weight excluding hydrogens is 475 g/mol. The zero-order valence-corrected chi connectivity index (χ0v) is 21.0. The lowest BCUT2D eigenvalue weighted by Gasteiger charge is -2.29. The van der Waals surface area contributed by atoms with Gasteiger partial charge in [0.1, 0.15) is 0 Å². The van der Waals surface area contributed by atoms with Gasteiger partial charge in [0.25, 0.3) is 0 Å². The van der Waals surface area contributed by atoms with Crippen molar-refractivity contribution in [3.05, 3.63) is 124 Å². The minimum absolute atomic E-state index is 0.0487. The van der Waals surface area contributed by atoms with Crippen molar-refractivity contribution in [2.24, 2.45) is 0 Å². The second-order valence-corrected chi connectivity index (χ2v) is 12.4. The van der Waals surface area contributed by atoms with Gasteiger partial charge in [0, 0.05) is 10.0 Å². The van der Waals surface area contributed by atoms with Crippen LogP contribution in [0.2, 0.25) is 0 Å². The van der Waals surface area contributed by atoms with Gasteiger partial charge in [-0.25, -0.2) is 0 Å². The maximum absolute atomic E-state index is 13.6. The predicted molar refractivity (Wildman–Crippen MR) is 144 cm³/mol. The predicted octanol–water partition coefficient (Wildman–Crippen LogP) is 6.35. The highest BCUT2D eigenvalue weighted by molar-refractivity contribution is 9.10. The number of hydrogen-bond acceptors (Lipinski definition) is 1. The molecule has 0 heterocycles. The third-order valence-electron chi connectivity index (χ3n) is 5.76. The number of hydrogen-bond donors (Lipinski definition) is 0. The Bertz CT molecular complexity index is 1170. The van der Waals surface area contributed by atoms with E-state index < -0.39 is 6.89 Å². The standard InChI is InChI=1S/C29H26BrOP/c1-21-4-14-26(15-5-21)32(27-16-6-22(2)7-17-27,28-18-8-23(3)9-19-28)20-29(31)24-10-12-25(30)13-11-24/h4-20H,1-3H3. The lowest BCUT2D eigenvalue weighted by Crippen LogP contribution is -2.29. The quantitative estimate of drug-likeness (QED) is 0.230. The summed E-state index contributed by atoms with van der Waals surface area (Å²) in [6.07, 6.45) is 0. The van der Waals surface area contributed by atoms with E-state index in [4.69, 9.17) is 0 Å². The molecule has 0 radical (unpaired) electrons. The fourth-order valence-corrected chi connectivity index (χ4v) is 7.84. The van der Waals surface area contributed by atoms with E-state index in [1.165, 1.54) is 32.6 Å². The maximum Gasteiger partial charge on any atom is 0.186 e. The first kappa shape index (κ1) is 22.5. The van der Waals surface area contributed by atoms with Crippen LogP contribution < -0.4 is 15.9 Å². The summed E-state index contributed by atoms with van der Waals surface area (Å²) in [5, 5.41) is 3.55. The Labute approximate surface area is 199 Å². The van der Waals surface area contributed by atoms with Gasteiger partial charge in [-0.15, -0.1) is 0 Å². The van der Waals surface area contributed by atoms with Crippen LogP contribution in [0.3, 0.4) is 0 Å². The highest BCUT2D eigenvalue weighted by Crippen LogP contribution is 2.44. The molecule has 4 rings (SSSR count). The van der Waals surface area contributed by atoms with Crippen LogP contribution in [0.25, 0.3) is 0 Å². The Balaban J connectivity index is 2.07. The van der Waals surface area contributed by atoms with Crippen molar-refractivity contribution in [1.29, 1.82) is 0 Å². The van der Waals surface area contributed by atoms with Crippen LogP contribution in [-0.4, -0.2) is 11.6 Å². The summed E-state index contributed by atoms with van der Waals surface area (Å²) < 4.78 is 0.964. The van der Waals surface area contributed by atoms with Gasteiger partial charge >= 0.3 is 0 Å². The number of halogens is 1. The normalized spacial score (nSPS) is 11.2. The van der Waals surface area contributed by atoms with Gasteiger partial charge in [0.15, 0.2) is 5.78 Å². The molecule has 0 aromatic heterocycles. The number of ketones is 1. The Kier molecular flexibility index (Phi) is 6.65. The van der Waals surface area contributed by atoms with Gasteiger partial charge < -0.3 is 0 Å². The number of Topliss-reactive ketones (excluding diaryl/α,β-unsaturated/α-hetero) is 1. The number of rotatable bonds is 5. The molecule has 4 aromatic rings. The van der Waals surface area contributed by atoms with Crippen LogP contribution in [0.4, 0.5) is 0 Å². The summed E-state index contributed by atoms with van der Waals surface area (Å²) >= 11 is 3.47. The molecule has 3 heteroatoms. The van der Waals surface area contributed by atoms with Crippen molar-refractivity contribution in [3.8, 4) is 0 Å². The lowest BCUT2D eigenvalue weighted by molar-refractivity contribution is 0.107. The molecule has 0 aliphatic rings. The van der Waals surface area contributed by atoms with Crippen LogP contribution in [0.1, 0.15) is 27.0 Å². The van der Waals surface area contributed by atoms with Gasteiger partial charge in [-0.05, 0) is 73.6 Å². The number of aryl methyl sites for hydroxylation is 3. The average Bonchev–Trinajstić information content (AvgIpc) is 2.80. The third kappa shape index (κ3) is 4.58. The molecule has 0 N–H and O–H groups in total. The van der Waals surface area contributed by atoms with Gasteiger partial charge in [0.2, 0.25) is 0 Å². The van der Waals surface area contributed by atoms with Crippen LogP contribution >= 0.6 is 22.8 Å². The van der Waals surface area contributed by atoms with Crippen LogP contribution in [-0.2, 0) is 0 Å². The van der Waals surface area contributed by atoms with E-state index in [2.05, 4.69) is 109 Å². The Hall–Kier alpha value is -2.67. The molecule has 0 saturated heterocycles. The van der Waals surface area contributed by atoms with Crippen molar-refractivity contribution in [2.45, 2.75) is 20.8 Å². The van der Waals surface area contributed by atoms with Gasteiger partial charge in [-0.1, -0.05) is 105 Å². The average molecular weight is 501 g/mol. The molecule has 0 fully saturated rings. The second kappa shape index (κ2) is 9.45. The number of carbonyl (C=O) groups excluding carboxylic acids is 1. The van der Waals surface area contributed by atoms with E-state index in [1.54, 1.807) is 0 Å². The first-order valence-corrected chi connectivity index (χ1v) is 13.3. The first-order chi connectivity index (χ1) is 15.4. The molecule has 0 saturated carbocycles. The first-order valence-electron chi connectivity index (χ1n) is 10.6. The minimum atomic E-state index is -2.33. The van der Waals surface area contributed by atoms with Crippen molar-refractivity contribution in [1.82, 2.24) is 0 Å². The fourth-order valence-electron chi connectivity index (χ4n) is 3.88. The summed E-state index contributed by atoms with van der Waals surface area (Å²) in [5.41, 5.74) is 4.32. The zero-order chi connectivity index (χ0) is 22.7. The Morgan fingerprint density at radius 2 is 0.938 bits per heavy atom. The molecule has 0 amide bonds. The molecule has 0 bridgehead atoms. The summed E-state index contributed by atoms with van der Waals surface area (Å²) in [6.45, 7) is 3.95. The van der Waals surface area contributed by atoms with Gasteiger partial charge in [-0.3, -0.25) is 4.79 Å². The SMILES string of the molecule is Cc1ccc(P(=CC(=O)c2ccc(Br)cc2)(c2ccc(C)cc2)c2ccc(C)cc2)cc1. The summed E-state index contributed by atoms with van der Waals surface area (Å²) in [4.78, 5) is 13.6. The van der Waals surface area contributed by atoms with Crippen LogP contribution in [0.5, 0.6) is 0 Å². The minimum Gasteiger partial charge on any atom is -0.289 e. The highest BCUT2D eigenvalue weighted by Gasteiger charge is 2.27. The molecule has 0 atom stereocenters. The van der Waals surface area contributed by atoms with Gasteiger partial charge in [-0.2, -0.15) is 0 Å². The Morgan fingerprint density at radius 3 is 1.28 bits per heavy atom. The van der Waals surface area contributed by atoms with Crippen LogP contribution in [0.15, 0.2) is 102 Å². The van der Waals surface area contributed by atoms with Crippen molar-refractivity contribution < 1.29 is 4.79 Å². The summed E-state index contributed by atoms with van der Waals surface area (Å²) in [6, 6.07) is 33.6. The topological polar surface area (TPSA) is 17.1 Å². The highest BCUT2D eigenvalue weighted by atomic mass is 79.9. The largest absolute Gasteiger partial charge is 0.289 e. The van der Waals surface area contributed by atoms with Crippen LogP contribution in [0, 0.1) is 20.8 Å². The summed E-state index contributed by atoms with van der Waals surface area (Å²) in [7, 11) is 0. The molecule has 32 heavy (non-hydrogen) atoms. The van der Waals surface area contributed by atoms with Gasteiger partial charge in [0.05, 0.1) is 0 Å². The second-order valence-electron chi connectivity index (χ2n) is 8.23. The molecule has 4 aromatic carbocycles. The maximum atomic E-state index is 13.6. The zero-order valence-electron chi connectivity index (χ0n) is 18.5. The molecule has 0 unspecified atom stereocenters.